The van der Waals surface area contributed by atoms with Crippen molar-refractivity contribution in [1.29, 1.82) is 0 Å². The largest absolute Gasteiger partial charge is 0.491 e. The number of ether oxygens (including phenoxy) is 2. The van der Waals surface area contributed by atoms with Crippen LogP contribution in [0.2, 0.25) is 0 Å². The molecule has 0 amide bonds. The molecule has 2 saturated heterocycles. The molecule has 1 spiro atoms. The van der Waals surface area contributed by atoms with Gasteiger partial charge >= 0.3 is 0 Å². The lowest BCUT2D eigenvalue weighted by Gasteiger charge is -2.38. The Morgan fingerprint density at radius 2 is 1.81 bits per heavy atom. The third-order valence-corrected chi connectivity index (χ3v) is 10.3. The fraction of sp³-hybridized carbons (Fsp3) is 0.520. The highest BCUT2D eigenvalue weighted by molar-refractivity contribution is 7.89. The first-order valence-electron chi connectivity index (χ1n) is 12.3. The Morgan fingerprint density at radius 3 is 2.49 bits per heavy atom. The van der Waals surface area contributed by atoms with Crippen molar-refractivity contribution in [3.8, 4) is 5.75 Å². The monoisotopic (exact) mass is 553 g/mol. The van der Waals surface area contributed by atoms with Crippen LogP contribution >= 0.6 is 0 Å². The Morgan fingerprint density at radius 1 is 1.11 bits per heavy atom. The van der Waals surface area contributed by atoms with Gasteiger partial charge in [0.1, 0.15) is 18.5 Å². The van der Waals surface area contributed by atoms with Crippen molar-refractivity contribution in [1.82, 2.24) is 14.3 Å². The van der Waals surface area contributed by atoms with E-state index in [2.05, 4.69) is 10.0 Å². The summed E-state index contributed by atoms with van der Waals surface area (Å²) >= 11 is 0. The van der Waals surface area contributed by atoms with E-state index in [4.69, 9.17) is 9.47 Å². The molecule has 12 heteroatoms. The quantitative estimate of drug-likeness (QED) is 0.400. The van der Waals surface area contributed by atoms with Crippen molar-refractivity contribution in [2.24, 2.45) is 0 Å². The number of nitrogens with one attached hydrogen (secondary N) is 2. The normalized spacial score (nSPS) is 21.2. The number of aliphatic hydroxyl groups excluding tert-OH is 1. The van der Waals surface area contributed by atoms with Gasteiger partial charge in [-0.05, 0) is 57.5 Å². The molecule has 1 unspecified atom stereocenters. The fourth-order valence-corrected chi connectivity index (χ4v) is 6.93. The van der Waals surface area contributed by atoms with E-state index in [-0.39, 0.29) is 29.7 Å². The van der Waals surface area contributed by atoms with Crippen LogP contribution in [0.1, 0.15) is 24.8 Å². The molecule has 2 atom stereocenters. The molecule has 0 aromatic heterocycles. The fourth-order valence-electron chi connectivity index (χ4n) is 4.72. The SMILES string of the molecule is CNS(=O)(=O)c1cccc(OC[C@@H](O)CNC2COC3(CCN(S(=O)(=O)c4ccc(C)cc4)CC3)C2)c1. The van der Waals surface area contributed by atoms with Crippen LogP contribution in [0, 0.1) is 6.92 Å². The van der Waals surface area contributed by atoms with Crippen LogP contribution in [0.15, 0.2) is 58.3 Å². The van der Waals surface area contributed by atoms with Gasteiger partial charge in [0.25, 0.3) is 0 Å². The Labute approximate surface area is 219 Å². The van der Waals surface area contributed by atoms with Gasteiger partial charge in [0.2, 0.25) is 20.0 Å². The maximum absolute atomic E-state index is 13.0. The Kier molecular flexibility index (Phi) is 8.58. The number of aryl methyl sites for hydroxylation is 1. The van der Waals surface area contributed by atoms with Gasteiger partial charge in [-0.1, -0.05) is 23.8 Å². The number of piperidine rings is 1. The Hall–Kier alpha value is -2.06. The lowest BCUT2D eigenvalue weighted by molar-refractivity contribution is -0.0312. The number of hydrogen-bond donors (Lipinski definition) is 3. The minimum absolute atomic E-state index is 0.000600. The Bertz CT molecular complexity index is 1280. The molecule has 204 valence electrons. The average Bonchev–Trinajstić information content (AvgIpc) is 3.29. The second-order valence-electron chi connectivity index (χ2n) is 9.67. The molecule has 10 nitrogen and oxygen atoms in total. The molecule has 2 aromatic carbocycles. The topological polar surface area (TPSA) is 134 Å². The summed E-state index contributed by atoms with van der Waals surface area (Å²) in [6, 6.07) is 13.0. The highest BCUT2D eigenvalue weighted by Gasteiger charge is 2.44. The van der Waals surface area contributed by atoms with Gasteiger partial charge in [-0.2, -0.15) is 4.31 Å². The van der Waals surface area contributed by atoms with Crippen LogP contribution in [0.5, 0.6) is 5.75 Å². The third-order valence-electron chi connectivity index (χ3n) is 6.97. The van der Waals surface area contributed by atoms with Crippen LogP contribution in [0.4, 0.5) is 0 Å². The summed E-state index contributed by atoms with van der Waals surface area (Å²) in [5, 5.41) is 13.7. The minimum Gasteiger partial charge on any atom is -0.491 e. The van der Waals surface area contributed by atoms with E-state index in [9.17, 15) is 21.9 Å². The van der Waals surface area contributed by atoms with Gasteiger partial charge in [0, 0.05) is 31.7 Å². The summed E-state index contributed by atoms with van der Waals surface area (Å²) < 4.78 is 65.4. The van der Waals surface area contributed by atoms with E-state index in [1.165, 1.54) is 23.5 Å². The molecule has 37 heavy (non-hydrogen) atoms. The first-order valence-corrected chi connectivity index (χ1v) is 15.2. The minimum atomic E-state index is -3.58. The lowest BCUT2D eigenvalue weighted by Crippen LogP contribution is -2.47. The van der Waals surface area contributed by atoms with E-state index in [1.807, 2.05) is 6.92 Å². The summed E-state index contributed by atoms with van der Waals surface area (Å²) in [5.41, 5.74) is 0.651. The van der Waals surface area contributed by atoms with E-state index >= 15 is 0 Å². The molecule has 0 saturated carbocycles. The zero-order valence-electron chi connectivity index (χ0n) is 21.1. The van der Waals surface area contributed by atoms with Crippen LogP contribution in [-0.2, 0) is 24.8 Å². The van der Waals surface area contributed by atoms with Crippen LogP contribution in [0.3, 0.4) is 0 Å². The first kappa shape index (κ1) is 28.0. The van der Waals surface area contributed by atoms with Gasteiger partial charge in [0.05, 0.1) is 22.0 Å². The van der Waals surface area contributed by atoms with Gasteiger partial charge < -0.3 is 19.9 Å². The molecule has 2 fully saturated rings. The number of rotatable bonds is 10. The van der Waals surface area contributed by atoms with Crippen molar-refractivity contribution >= 4 is 20.0 Å². The summed E-state index contributed by atoms with van der Waals surface area (Å²) in [5.74, 6) is 0.353. The summed E-state index contributed by atoms with van der Waals surface area (Å²) in [7, 11) is -5.76. The number of hydrogen-bond acceptors (Lipinski definition) is 8. The van der Waals surface area contributed by atoms with E-state index in [0.29, 0.717) is 43.2 Å². The van der Waals surface area contributed by atoms with Crippen molar-refractivity contribution in [2.45, 2.75) is 53.7 Å². The van der Waals surface area contributed by atoms with E-state index < -0.39 is 26.2 Å². The van der Waals surface area contributed by atoms with Crippen LogP contribution < -0.4 is 14.8 Å². The second-order valence-corrected chi connectivity index (χ2v) is 13.5. The van der Waals surface area contributed by atoms with Gasteiger partial charge in [-0.25, -0.2) is 21.6 Å². The second kappa shape index (κ2) is 11.4. The predicted octanol–water partition coefficient (Wildman–Crippen LogP) is 1.24. The molecular weight excluding hydrogens is 518 g/mol. The number of benzene rings is 2. The summed E-state index contributed by atoms with van der Waals surface area (Å²) in [6.45, 7) is 3.51. The molecule has 4 rings (SSSR count). The standard InChI is InChI=1S/C25H35N3O7S2/c1-19-6-8-23(9-7-19)37(32,33)28-12-10-25(11-13-28)15-20(17-35-25)27-16-21(29)18-34-22-4-3-5-24(14-22)36(30,31)26-2/h3-9,14,20-21,26-27,29H,10-13,15-18H2,1-2H3/t20?,21-/m0/s1. The van der Waals surface area contributed by atoms with Crippen LogP contribution in [-0.4, -0.2) is 83.9 Å². The number of nitrogens with zero attached hydrogens (tertiary/aromatic N) is 1. The molecule has 3 N–H and O–H groups in total. The van der Waals surface area contributed by atoms with Crippen LogP contribution in [0.25, 0.3) is 0 Å². The van der Waals surface area contributed by atoms with E-state index in [1.54, 1.807) is 36.4 Å². The number of aliphatic hydroxyl groups is 1. The maximum atomic E-state index is 13.0. The molecule has 0 radical (unpaired) electrons. The van der Waals surface area contributed by atoms with Crippen molar-refractivity contribution in [3.63, 3.8) is 0 Å². The zero-order chi connectivity index (χ0) is 26.7. The molecular formula is C25H35N3O7S2. The molecule has 2 aromatic rings. The van der Waals surface area contributed by atoms with Crippen molar-refractivity contribution in [3.05, 3.63) is 54.1 Å². The van der Waals surface area contributed by atoms with Crippen molar-refractivity contribution in [2.75, 3.05) is 39.9 Å². The predicted molar refractivity (Wildman–Crippen MR) is 138 cm³/mol. The Balaban J connectivity index is 1.22. The summed E-state index contributed by atoms with van der Waals surface area (Å²) in [6.07, 6.45) is 1.17. The van der Waals surface area contributed by atoms with E-state index in [0.717, 1.165) is 12.0 Å². The molecule has 2 heterocycles. The molecule has 0 aliphatic carbocycles. The first-order chi connectivity index (χ1) is 17.5. The molecule has 2 aliphatic rings. The highest BCUT2D eigenvalue weighted by Crippen LogP contribution is 2.37. The maximum Gasteiger partial charge on any atom is 0.243 e. The van der Waals surface area contributed by atoms with Gasteiger partial charge in [0.15, 0.2) is 0 Å². The van der Waals surface area contributed by atoms with Crippen molar-refractivity contribution < 1.29 is 31.4 Å². The highest BCUT2D eigenvalue weighted by atomic mass is 32.2. The smallest absolute Gasteiger partial charge is 0.243 e. The zero-order valence-corrected chi connectivity index (χ0v) is 22.7. The average molecular weight is 554 g/mol. The third kappa shape index (κ3) is 6.69. The summed E-state index contributed by atoms with van der Waals surface area (Å²) in [4.78, 5) is 0.402. The van der Waals surface area contributed by atoms with Gasteiger partial charge in [-0.15, -0.1) is 0 Å². The molecule has 2 aliphatic heterocycles. The lowest BCUT2D eigenvalue weighted by atomic mass is 9.88. The molecule has 0 bridgehead atoms. The number of sulfonamides is 2. The van der Waals surface area contributed by atoms with Gasteiger partial charge in [-0.3, -0.25) is 0 Å².